The van der Waals surface area contributed by atoms with Crippen LogP contribution in [0.1, 0.15) is 17.7 Å². The predicted octanol–water partition coefficient (Wildman–Crippen LogP) is 2.24. The number of rotatable bonds is 3. The first-order chi connectivity index (χ1) is 8.49. The topological polar surface area (TPSA) is 56.0 Å². The third-order valence-electron chi connectivity index (χ3n) is 2.74. The summed E-state index contributed by atoms with van der Waals surface area (Å²) in [6.45, 7) is 1.68. The van der Waals surface area contributed by atoms with Crippen molar-refractivity contribution in [3.05, 3.63) is 41.1 Å². The molecule has 94 valence electrons. The number of amides is 1. The standard InChI is InChI=1S/C13H12F2N2O/c1-7-6-8(2-5-11(16)18)17-13-10(15)4-3-9(14)12(7)13/h3-4,6H,2,5H2,1H3,(H2,16,18). The zero-order valence-corrected chi connectivity index (χ0v) is 9.84. The molecule has 0 atom stereocenters. The molecule has 0 bridgehead atoms. The second kappa shape index (κ2) is 4.68. The number of carbonyl (C=O) groups is 1. The minimum absolute atomic E-state index is 0.00512. The molecule has 2 rings (SSSR count). The smallest absolute Gasteiger partial charge is 0.217 e. The number of hydrogen-bond donors (Lipinski definition) is 1. The lowest BCUT2D eigenvalue weighted by Crippen LogP contribution is -2.11. The summed E-state index contributed by atoms with van der Waals surface area (Å²) in [5, 5.41) is 0.179. The average Bonchev–Trinajstić information content (AvgIpc) is 2.31. The van der Waals surface area contributed by atoms with Crippen molar-refractivity contribution in [1.29, 1.82) is 0 Å². The van der Waals surface area contributed by atoms with Crippen LogP contribution in [0.25, 0.3) is 10.9 Å². The quantitative estimate of drug-likeness (QED) is 0.908. The molecule has 2 N–H and O–H groups in total. The number of nitrogens with zero attached hydrogens (tertiary/aromatic N) is 1. The van der Waals surface area contributed by atoms with Gasteiger partial charge >= 0.3 is 0 Å². The van der Waals surface area contributed by atoms with Crippen molar-refractivity contribution < 1.29 is 13.6 Å². The summed E-state index contributed by atoms with van der Waals surface area (Å²) in [5.74, 6) is -1.53. The highest BCUT2D eigenvalue weighted by atomic mass is 19.1. The Kier molecular flexibility index (Phi) is 3.23. The number of carbonyl (C=O) groups excluding carboxylic acids is 1. The fourth-order valence-corrected chi connectivity index (χ4v) is 1.90. The zero-order chi connectivity index (χ0) is 13.3. The van der Waals surface area contributed by atoms with E-state index in [1.165, 1.54) is 0 Å². The SMILES string of the molecule is Cc1cc(CCC(N)=O)nc2c(F)ccc(F)c12. The maximum absolute atomic E-state index is 13.6. The van der Waals surface area contributed by atoms with Crippen LogP contribution in [-0.2, 0) is 11.2 Å². The molecular weight excluding hydrogens is 238 g/mol. The Morgan fingerprint density at radius 3 is 2.67 bits per heavy atom. The average molecular weight is 250 g/mol. The lowest BCUT2D eigenvalue weighted by Gasteiger charge is -2.07. The van der Waals surface area contributed by atoms with E-state index in [0.717, 1.165) is 12.1 Å². The Morgan fingerprint density at radius 2 is 2.00 bits per heavy atom. The predicted molar refractivity (Wildman–Crippen MR) is 63.9 cm³/mol. The Balaban J connectivity index is 2.54. The van der Waals surface area contributed by atoms with E-state index < -0.39 is 17.5 Å². The first-order valence-corrected chi connectivity index (χ1v) is 5.51. The van der Waals surface area contributed by atoms with Gasteiger partial charge in [-0.3, -0.25) is 4.79 Å². The van der Waals surface area contributed by atoms with E-state index in [4.69, 9.17) is 5.73 Å². The van der Waals surface area contributed by atoms with Crippen LogP contribution in [0.4, 0.5) is 8.78 Å². The van der Waals surface area contributed by atoms with Gasteiger partial charge in [0.25, 0.3) is 0 Å². The number of benzene rings is 1. The summed E-state index contributed by atoms with van der Waals surface area (Å²) >= 11 is 0. The Morgan fingerprint density at radius 1 is 1.33 bits per heavy atom. The van der Waals surface area contributed by atoms with Gasteiger partial charge in [-0.15, -0.1) is 0 Å². The fourth-order valence-electron chi connectivity index (χ4n) is 1.90. The zero-order valence-electron chi connectivity index (χ0n) is 9.84. The van der Waals surface area contributed by atoms with Crippen LogP contribution in [0.15, 0.2) is 18.2 Å². The largest absolute Gasteiger partial charge is 0.370 e. The molecule has 0 spiro atoms. The van der Waals surface area contributed by atoms with Gasteiger partial charge in [0, 0.05) is 17.5 Å². The van der Waals surface area contributed by atoms with Gasteiger partial charge in [-0.1, -0.05) is 0 Å². The van der Waals surface area contributed by atoms with E-state index >= 15 is 0 Å². The minimum Gasteiger partial charge on any atom is -0.370 e. The first kappa shape index (κ1) is 12.4. The second-order valence-electron chi connectivity index (χ2n) is 4.15. The van der Waals surface area contributed by atoms with Gasteiger partial charge in [0.05, 0.1) is 0 Å². The van der Waals surface area contributed by atoms with Crippen molar-refractivity contribution in [3.63, 3.8) is 0 Å². The number of pyridine rings is 1. The molecule has 2 aromatic rings. The van der Waals surface area contributed by atoms with Crippen LogP contribution >= 0.6 is 0 Å². The number of fused-ring (bicyclic) bond motifs is 1. The number of primary amides is 1. The highest BCUT2D eigenvalue weighted by molar-refractivity contribution is 5.83. The van der Waals surface area contributed by atoms with Crippen LogP contribution in [0.2, 0.25) is 0 Å². The molecule has 0 aliphatic rings. The molecule has 1 aromatic heterocycles. The Bertz CT molecular complexity index is 626. The molecule has 1 aromatic carbocycles. The van der Waals surface area contributed by atoms with Crippen LogP contribution in [0.5, 0.6) is 0 Å². The highest BCUT2D eigenvalue weighted by Crippen LogP contribution is 2.23. The number of aromatic nitrogens is 1. The molecule has 1 heterocycles. The molecule has 0 aliphatic heterocycles. The molecule has 0 unspecified atom stereocenters. The third-order valence-corrected chi connectivity index (χ3v) is 2.74. The van der Waals surface area contributed by atoms with Crippen molar-refractivity contribution in [3.8, 4) is 0 Å². The molecule has 0 aliphatic carbocycles. The van der Waals surface area contributed by atoms with E-state index in [9.17, 15) is 13.6 Å². The van der Waals surface area contributed by atoms with E-state index in [-0.39, 0.29) is 17.3 Å². The van der Waals surface area contributed by atoms with Gasteiger partial charge in [0.15, 0.2) is 0 Å². The maximum atomic E-state index is 13.6. The van der Waals surface area contributed by atoms with Crippen LogP contribution in [0.3, 0.4) is 0 Å². The van der Waals surface area contributed by atoms with Crippen molar-refractivity contribution in [1.82, 2.24) is 4.98 Å². The summed E-state index contributed by atoms with van der Waals surface area (Å²) < 4.78 is 27.2. The van der Waals surface area contributed by atoms with Crippen molar-refractivity contribution in [2.45, 2.75) is 19.8 Å². The molecule has 5 heteroatoms. The van der Waals surface area contributed by atoms with Crippen molar-refractivity contribution >= 4 is 16.8 Å². The molecular formula is C13H12F2N2O. The number of hydrogen-bond acceptors (Lipinski definition) is 2. The molecule has 18 heavy (non-hydrogen) atoms. The van der Waals surface area contributed by atoms with Gasteiger partial charge in [0.1, 0.15) is 17.2 Å². The van der Waals surface area contributed by atoms with Crippen molar-refractivity contribution in [2.75, 3.05) is 0 Å². The Hall–Kier alpha value is -2.04. The van der Waals surface area contributed by atoms with E-state index in [0.29, 0.717) is 17.7 Å². The maximum Gasteiger partial charge on any atom is 0.217 e. The lowest BCUT2D eigenvalue weighted by molar-refractivity contribution is -0.118. The molecule has 0 fully saturated rings. The van der Waals surface area contributed by atoms with E-state index in [1.807, 2.05) is 0 Å². The normalized spacial score (nSPS) is 10.8. The Labute approximate surface area is 103 Å². The summed E-state index contributed by atoms with van der Waals surface area (Å²) in [6, 6.07) is 3.77. The third kappa shape index (κ3) is 2.30. The summed E-state index contributed by atoms with van der Waals surface area (Å²) in [7, 11) is 0. The molecule has 0 radical (unpaired) electrons. The van der Waals surface area contributed by atoms with Crippen molar-refractivity contribution in [2.24, 2.45) is 5.73 Å². The van der Waals surface area contributed by atoms with Gasteiger partial charge in [-0.2, -0.15) is 0 Å². The van der Waals surface area contributed by atoms with Gasteiger partial charge < -0.3 is 5.73 Å². The number of nitrogens with two attached hydrogens (primary N) is 1. The summed E-state index contributed by atoms with van der Waals surface area (Å²) in [6.07, 6.45) is 0.455. The van der Waals surface area contributed by atoms with Crippen LogP contribution in [0, 0.1) is 18.6 Å². The molecule has 1 amide bonds. The fraction of sp³-hybridized carbons (Fsp3) is 0.231. The van der Waals surface area contributed by atoms with Gasteiger partial charge in [-0.05, 0) is 37.1 Å². The van der Waals surface area contributed by atoms with E-state index in [1.54, 1.807) is 13.0 Å². The lowest BCUT2D eigenvalue weighted by atomic mass is 10.1. The highest BCUT2D eigenvalue weighted by Gasteiger charge is 2.12. The van der Waals surface area contributed by atoms with Crippen LogP contribution < -0.4 is 5.73 Å². The summed E-state index contributed by atoms with van der Waals surface area (Å²) in [5.41, 5.74) is 6.16. The second-order valence-corrected chi connectivity index (χ2v) is 4.15. The monoisotopic (exact) mass is 250 g/mol. The minimum atomic E-state index is -0.574. The molecule has 0 saturated carbocycles. The van der Waals surface area contributed by atoms with Gasteiger partial charge in [0.2, 0.25) is 5.91 Å². The van der Waals surface area contributed by atoms with E-state index in [2.05, 4.69) is 4.98 Å². The number of aryl methyl sites for hydroxylation is 2. The van der Waals surface area contributed by atoms with Crippen LogP contribution in [-0.4, -0.2) is 10.9 Å². The molecule has 0 saturated heterocycles. The number of halogens is 2. The first-order valence-electron chi connectivity index (χ1n) is 5.51. The summed E-state index contributed by atoms with van der Waals surface area (Å²) in [4.78, 5) is 14.7. The van der Waals surface area contributed by atoms with Gasteiger partial charge in [-0.25, -0.2) is 13.8 Å². The molecule has 3 nitrogen and oxygen atoms in total.